The fraction of sp³-hybridized carbons (Fsp3) is 0.533. The lowest BCUT2D eigenvalue weighted by Crippen LogP contribution is -2.35. The smallest absolute Gasteiger partial charge is 0.310 e. The Balaban J connectivity index is 1.92. The number of aliphatic carboxylic acids is 1. The molecule has 1 saturated carbocycles. The Labute approximate surface area is 117 Å². The fourth-order valence-corrected chi connectivity index (χ4v) is 3.02. The molecular weight excluding hydrogens is 256 g/mol. The maximum Gasteiger partial charge on any atom is 0.310 e. The summed E-state index contributed by atoms with van der Waals surface area (Å²) in [5.74, 6) is -0.244. The van der Waals surface area contributed by atoms with Gasteiger partial charge in [-0.15, -0.1) is 0 Å². The van der Waals surface area contributed by atoms with Crippen LogP contribution in [0.4, 0.5) is 0 Å². The predicted octanol–water partition coefficient (Wildman–Crippen LogP) is 3.11. The van der Waals surface area contributed by atoms with Crippen molar-refractivity contribution in [3.8, 4) is 0 Å². The van der Waals surface area contributed by atoms with Gasteiger partial charge in [-0.25, -0.2) is 4.98 Å². The fourth-order valence-electron chi connectivity index (χ4n) is 3.02. The van der Waals surface area contributed by atoms with Crippen LogP contribution in [0.3, 0.4) is 0 Å². The monoisotopic (exact) mass is 274 g/mol. The van der Waals surface area contributed by atoms with Crippen molar-refractivity contribution in [2.75, 3.05) is 0 Å². The molecule has 0 saturated heterocycles. The first kappa shape index (κ1) is 13.1. The summed E-state index contributed by atoms with van der Waals surface area (Å²) in [6, 6.07) is 3.70. The van der Waals surface area contributed by atoms with Crippen molar-refractivity contribution in [3.05, 3.63) is 23.7 Å². The Morgan fingerprint density at radius 2 is 2.05 bits per heavy atom. The number of aryl methyl sites for hydroxylation is 1. The molecule has 0 bridgehead atoms. The molecule has 0 amide bonds. The first-order valence-electron chi connectivity index (χ1n) is 7.06. The van der Waals surface area contributed by atoms with Crippen LogP contribution >= 0.6 is 0 Å². The number of oxazole rings is 1. The van der Waals surface area contributed by atoms with Gasteiger partial charge in [0, 0.05) is 12.1 Å². The van der Waals surface area contributed by atoms with Gasteiger partial charge in [0.05, 0.1) is 5.41 Å². The normalized spacial score (nSPS) is 18.2. The van der Waals surface area contributed by atoms with Gasteiger partial charge in [-0.3, -0.25) is 4.79 Å². The first-order valence-corrected chi connectivity index (χ1v) is 7.06. The van der Waals surface area contributed by atoms with E-state index in [4.69, 9.17) is 4.42 Å². The van der Waals surface area contributed by atoms with E-state index >= 15 is 0 Å². The van der Waals surface area contributed by atoms with Crippen LogP contribution in [0.1, 0.15) is 43.7 Å². The van der Waals surface area contributed by atoms with Crippen molar-refractivity contribution < 1.29 is 14.3 Å². The van der Waals surface area contributed by atoms with E-state index in [0.717, 1.165) is 25.0 Å². The summed E-state index contributed by atoms with van der Waals surface area (Å²) >= 11 is 0. The molecule has 0 radical (unpaired) electrons. The summed E-state index contributed by atoms with van der Waals surface area (Å²) in [5.41, 5.74) is 1.36. The van der Waals surface area contributed by atoms with E-state index in [9.17, 15) is 9.90 Å². The van der Waals surface area contributed by atoms with Crippen LogP contribution in [0.15, 0.2) is 16.5 Å². The topological polar surface area (TPSA) is 76.2 Å². The SMILES string of the molecule is Cc1ccc2oc(CC3(C(=O)O)CCCCC3)nc2n1. The maximum atomic E-state index is 11.7. The van der Waals surface area contributed by atoms with Crippen LogP contribution in [0.5, 0.6) is 0 Å². The molecule has 0 atom stereocenters. The van der Waals surface area contributed by atoms with Gasteiger partial charge in [-0.2, -0.15) is 4.98 Å². The average Bonchev–Trinajstić information content (AvgIpc) is 2.80. The van der Waals surface area contributed by atoms with E-state index in [2.05, 4.69) is 9.97 Å². The van der Waals surface area contributed by atoms with Crippen molar-refractivity contribution in [3.63, 3.8) is 0 Å². The van der Waals surface area contributed by atoms with Gasteiger partial charge in [-0.05, 0) is 31.9 Å². The van der Waals surface area contributed by atoms with Gasteiger partial charge in [0.2, 0.25) is 0 Å². The molecule has 0 spiro atoms. The maximum absolute atomic E-state index is 11.7. The standard InChI is InChI=1S/C15H18N2O3/c1-10-5-6-11-13(16-10)17-12(20-11)9-15(14(18)19)7-3-2-4-8-15/h5-6H,2-4,7-9H2,1H3,(H,18,19). The minimum atomic E-state index is -0.733. The van der Waals surface area contributed by atoms with Crippen LogP contribution in [-0.4, -0.2) is 21.0 Å². The Bertz CT molecular complexity index is 642. The third kappa shape index (κ3) is 2.28. The van der Waals surface area contributed by atoms with E-state index in [1.54, 1.807) is 0 Å². The second-order valence-electron chi connectivity index (χ2n) is 5.70. The number of fused-ring (bicyclic) bond motifs is 1. The van der Waals surface area contributed by atoms with E-state index in [-0.39, 0.29) is 0 Å². The van der Waals surface area contributed by atoms with Gasteiger partial charge < -0.3 is 9.52 Å². The Hall–Kier alpha value is -1.91. The minimum Gasteiger partial charge on any atom is -0.481 e. The highest BCUT2D eigenvalue weighted by atomic mass is 16.4. The molecule has 1 aliphatic carbocycles. The molecule has 2 heterocycles. The summed E-state index contributed by atoms with van der Waals surface area (Å²) in [5, 5.41) is 9.58. The number of pyridine rings is 1. The second-order valence-corrected chi connectivity index (χ2v) is 5.70. The molecule has 106 valence electrons. The molecule has 20 heavy (non-hydrogen) atoms. The van der Waals surface area contributed by atoms with Crippen LogP contribution in [-0.2, 0) is 11.2 Å². The number of nitrogens with zero attached hydrogens (tertiary/aromatic N) is 2. The van der Waals surface area contributed by atoms with Gasteiger partial charge in [0.25, 0.3) is 0 Å². The van der Waals surface area contributed by atoms with E-state index in [1.807, 2.05) is 19.1 Å². The molecule has 0 unspecified atom stereocenters. The summed E-state index contributed by atoms with van der Waals surface area (Å²) in [6.45, 7) is 1.90. The highest BCUT2D eigenvalue weighted by Gasteiger charge is 2.41. The van der Waals surface area contributed by atoms with Gasteiger partial charge >= 0.3 is 5.97 Å². The lowest BCUT2D eigenvalue weighted by Gasteiger charge is -2.31. The number of carbonyl (C=O) groups is 1. The molecule has 2 aromatic rings. The summed E-state index contributed by atoms with van der Waals surface area (Å²) < 4.78 is 5.66. The zero-order valence-corrected chi connectivity index (χ0v) is 11.6. The molecule has 3 rings (SSSR count). The molecule has 1 fully saturated rings. The van der Waals surface area contributed by atoms with Crippen molar-refractivity contribution in [2.24, 2.45) is 5.41 Å². The van der Waals surface area contributed by atoms with Crippen LogP contribution in [0.2, 0.25) is 0 Å². The van der Waals surface area contributed by atoms with E-state index < -0.39 is 11.4 Å². The number of hydrogen-bond donors (Lipinski definition) is 1. The summed E-state index contributed by atoms with van der Waals surface area (Å²) in [4.78, 5) is 20.3. The predicted molar refractivity (Wildman–Crippen MR) is 73.4 cm³/mol. The van der Waals surface area contributed by atoms with E-state index in [1.165, 1.54) is 0 Å². The molecule has 5 heteroatoms. The van der Waals surface area contributed by atoms with Gasteiger partial charge in [-0.1, -0.05) is 19.3 Å². The molecule has 2 aromatic heterocycles. The highest BCUT2D eigenvalue weighted by molar-refractivity contribution is 5.75. The lowest BCUT2D eigenvalue weighted by molar-refractivity contribution is -0.151. The van der Waals surface area contributed by atoms with Crippen molar-refractivity contribution in [1.29, 1.82) is 0 Å². The molecular formula is C15H18N2O3. The second kappa shape index (κ2) is 4.89. The Morgan fingerprint density at radius 3 is 2.75 bits per heavy atom. The summed E-state index contributed by atoms with van der Waals surface area (Å²) in [7, 11) is 0. The first-order chi connectivity index (χ1) is 9.59. The molecule has 0 aromatic carbocycles. The highest BCUT2D eigenvalue weighted by Crippen LogP contribution is 2.39. The Morgan fingerprint density at radius 1 is 1.30 bits per heavy atom. The van der Waals surface area contributed by atoms with Crippen LogP contribution in [0, 0.1) is 12.3 Å². The van der Waals surface area contributed by atoms with E-state index in [0.29, 0.717) is 36.4 Å². The number of carboxylic acid groups (broad SMARTS) is 1. The number of rotatable bonds is 3. The van der Waals surface area contributed by atoms with Crippen molar-refractivity contribution >= 4 is 17.2 Å². The molecule has 0 aliphatic heterocycles. The van der Waals surface area contributed by atoms with Gasteiger partial charge in [0.15, 0.2) is 17.1 Å². The number of hydrogen-bond acceptors (Lipinski definition) is 4. The largest absolute Gasteiger partial charge is 0.481 e. The molecule has 1 aliphatic rings. The molecule has 5 nitrogen and oxygen atoms in total. The molecule has 1 N–H and O–H groups in total. The zero-order valence-electron chi connectivity index (χ0n) is 11.6. The van der Waals surface area contributed by atoms with Crippen LogP contribution < -0.4 is 0 Å². The van der Waals surface area contributed by atoms with Crippen LogP contribution in [0.25, 0.3) is 11.2 Å². The number of aromatic nitrogens is 2. The third-order valence-electron chi connectivity index (χ3n) is 4.19. The minimum absolute atomic E-state index is 0.359. The zero-order chi connectivity index (χ0) is 14.2. The van der Waals surface area contributed by atoms with Crippen molar-refractivity contribution in [1.82, 2.24) is 9.97 Å². The van der Waals surface area contributed by atoms with Gasteiger partial charge in [0.1, 0.15) is 0 Å². The Kier molecular flexibility index (Phi) is 3.20. The summed E-state index contributed by atoms with van der Waals surface area (Å²) in [6.07, 6.45) is 4.80. The average molecular weight is 274 g/mol. The number of carboxylic acids is 1. The lowest BCUT2D eigenvalue weighted by atomic mass is 9.72. The third-order valence-corrected chi connectivity index (χ3v) is 4.19. The quantitative estimate of drug-likeness (QED) is 0.930. The van der Waals surface area contributed by atoms with Crippen molar-refractivity contribution in [2.45, 2.75) is 45.4 Å².